The number of rotatable bonds is 5. The highest BCUT2D eigenvalue weighted by molar-refractivity contribution is 7.18. The van der Waals surface area contributed by atoms with Gasteiger partial charge in [-0.05, 0) is 6.07 Å². The predicted octanol–water partition coefficient (Wildman–Crippen LogP) is 4.03. The standard InChI is InChI=1S/C21H16N4O2S/c1-25-13-12-16(24-25)20(27)23-21-22-17(14-8-4-2-5-9-14)19(28-21)18(26)15-10-6-3-7-11-15/h2-13H,1H3,(H,22,23,27). The number of benzene rings is 2. The van der Waals surface area contributed by atoms with E-state index in [0.29, 0.717) is 21.3 Å². The second-order valence-corrected chi connectivity index (χ2v) is 7.09. The van der Waals surface area contributed by atoms with Crippen LogP contribution in [0.5, 0.6) is 0 Å². The number of carbonyl (C=O) groups excluding carboxylic acids is 2. The molecule has 1 amide bonds. The summed E-state index contributed by atoms with van der Waals surface area (Å²) in [6.45, 7) is 0. The Morgan fingerprint density at radius 1 is 0.964 bits per heavy atom. The molecule has 6 nitrogen and oxygen atoms in total. The van der Waals surface area contributed by atoms with Crippen molar-refractivity contribution in [3.63, 3.8) is 0 Å². The van der Waals surface area contributed by atoms with Gasteiger partial charge in [-0.25, -0.2) is 4.98 Å². The van der Waals surface area contributed by atoms with Crippen LogP contribution in [0.3, 0.4) is 0 Å². The Morgan fingerprint density at radius 2 is 1.64 bits per heavy atom. The van der Waals surface area contributed by atoms with Crippen molar-refractivity contribution in [1.82, 2.24) is 14.8 Å². The van der Waals surface area contributed by atoms with Crippen molar-refractivity contribution < 1.29 is 9.59 Å². The van der Waals surface area contributed by atoms with Crippen LogP contribution in [0.2, 0.25) is 0 Å². The molecule has 0 aliphatic rings. The van der Waals surface area contributed by atoms with Gasteiger partial charge in [0.15, 0.2) is 10.8 Å². The van der Waals surface area contributed by atoms with E-state index in [-0.39, 0.29) is 17.4 Å². The van der Waals surface area contributed by atoms with Crippen LogP contribution in [-0.2, 0) is 7.05 Å². The Labute approximate surface area is 165 Å². The topological polar surface area (TPSA) is 76.9 Å². The van der Waals surface area contributed by atoms with Gasteiger partial charge < -0.3 is 0 Å². The van der Waals surface area contributed by atoms with Gasteiger partial charge in [0.05, 0.1) is 5.69 Å². The van der Waals surface area contributed by atoms with Crippen LogP contribution >= 0.6 is 11.3 Å². The molecule has 0 fully saturated rings. The van der Waals surface area contributed by atoms with E-state index in [2.05, 4.69) is 15.4 Å². The van der Waals surface area contributed by atoms with E-state index >= 15 is 0 Å². The number of nitrogens with one attached hydrogen (secondary N) is 1. The van der Waals surface area contributed by atoms with E-state index in [1.165, 1.54) is 0 Å². The van der Waals surface area contributed by atoms with E-state index < -0.39 is 0 Å². The lowest BCUT2D eigenvalue weighted by Crippen LogP contribution is -2.12. The zero-order valence-corrected chi connectivity index (χ0v) is 15.8. The summed E-state index contributed by atoms with van der Waals surface area (Å²) in [7, 11) is 1.74. The summed E-state index contributed by atoms with van der Waals surface area (Å²) in [5.74, 6) is -0.497. The van der Waals surface area contributed by atoms with Crippen LogP contribution in [0.1, 0.15) is 25.7 Å². The molecule has 0 aliphatic carbocycles. The average Bonchev–Trinajstić information content (AvgIpc) is 3.35. The van der Waals surface area contributed by atoms with Crippen molar-refractivity contribution >= 4 is 28.2 Å². The Kier molecular flexibility index (Phi) is 4.82. The molecule has 0 atom stereocenters. The van der Waals surface area contributed by atoms with Gasteiger partial charge in [0.2, 0.25) is 5.78 Å². The van der Waals surface area contributed by atoms with Crippen LogP contribution in [0.25, 0.3) is 11.3 Å². The summed E-state index contributed by atoms with van der Waals surface area (Å²) in [6, 6.07) is 20.1. The molecule has 0 saturated heterocycles. The first-order chi connectivity index (χ1) is 13.6. The Hall–Kier alpha value is -3.58. The van der Waals surface area contributed by atoms with Gasteiger partial charge in [-0.2, -0.15) is 5.10 Å². The smallest absolute Gasteiger partial charge is 0.277 e. The van der Waals surface area contributed by atoms with Crippen molar-refractivity contribution in [2.24, 2.45) is 7.05 Å². The van der Waals surface area contributed by atoms with E-state index in [1.54, 1.807) is 36.1 Å². The number of aromatic nitrogens is 3. The molecule has 2 heterocycles. The van der Waals surface area contributed by atoms with Crippen molar-refractivity contribution in [3.05, 3.63) is 89.1 Å². The van der Waals surface area contributed by atoms with Gasteiger partial charge in [-0.1, -0.05) is 72.0 Å². The molecule has 2 aromatic heterocycles. The summed E-state index contributed by atoms with van der Waals surface area (Å²) >= 11 is 1.16. The monoisotopic (exact) mass is 388 g/mol. The van der Waals surface area contributed by atoms with Crippen LogP contribution < -0.4 is 5.32 Å². The molecule has 4 rings (SSSR count). The number of anilines is 1. The number of carbonyl (C=O) groups is 2. The fourth-order valence-corrected chi connectivity index (χ4v) is 3.68. The molecule has 4 aromatic rings. The third-order valence-electron chi connectivity index (χ3n) is 4.08. The average molecular weight is 388 g/mol. The number of amides is 1. The second kappa shape index (κ2) is 7.58. The lowest BCUT2D eigenvalue weighted by atomic mass is 10.1. The molecule has 0 spiro atoms. The summed E-state index contributed by atoms with van der Waals surface area (Å²) in [4.78, 5) is 30.5. The molecule has 0 radical (unpaired) electrons. The zero-order valence-electron chi connectivity index (χ0n) is 15.0. The fraction of sp³-hybridized carbons (Fsp3) is 0.0476. The highest BCUT2D eigenvalue weighted by Gasteiger charge is 2.22. The number of hydrogen-bond donors (Lipinski definition) is 1. The minimum absolute atomic E-state index is 0.129. The van der Waals surface area contributed by atoms with Gasteiger partial charge in [-0.15, -0.1) is 0 Å². The van der Waals surface area contributed by atoms with Crippen LogP contribution in [0.15, 0.2) is 72.9 Å². The molecule has 138 valence electrons. The van der Waals surface area contributed by atoms with Gasteiger partial charge >= 0.3 is 0 Å². The van der Waals surface area contributed by atoms with Crippen molar-refractivity contribution in [2.45, 2.75) is 0 Å². The summed E-state index contributed by atoms with van der Waals surface area (Å²) in [6.07, 6.45) is 1.69. The van der Waals surface area contributed by atoms with Gasteiger partial charge in [0.1, 0.15) is 4.88 Å². The maximum Gasteiger partial charge on any atom is 0.277 e. The number of aryl methyl sites for hydroxylation is 1. The number of hydrogen-bond acceptors (Lipinski definition) is 5. The highest BCUT2D eigenvalue weighted by atomic mass is 32.1. The third kappa shape index (κ3) is 3.60. The molecule has 7 heteroatoms. The van der Waals surface area contributed by atoms with E-state index in [9.17, 15) is 9.59 Å². The normalized spacial score (nSPS) is 10.6. The predicted molar refractivity (Wildman–Crippen MR) is 109 cm³/mol. The Bertz CT molecular complexity index is 1130. The van der Waals surface area contributed by atoms with Crippen LogP contribution in [-0.4, -0.2) is 26.5 Å². The minimum Gasteiger partial charge on any atom is -0.296 e. The fourth-order valence-electron chi connectivity index (χ4n) is 2.74. The van der Waals surface area contributed by atoms with Crippen molar-refractivity contribution in [2.75, 3.05) is 5.32 Å². The van der Waals surface area contributed by atoms with E-state index in [4.69, 9.17) is 0 Å². The molecule has 0 unspecified atom stereocenters. The zero-order chi connectivity index (χ0) is 19.5. The maximum atomic E-state index is 13.1. The maximum absolute atomic E-state index is 13.1. The van der Waals surface area contributed by atoms with Gasteiger partial charge in [0, 0.05) is 24.4 Å². The SMILES string of the molecule is Cn1ccc(C(=O)Nc2nc(-c3ccccc3)c(C(=O)c3ccccc3)s2)n1. The molecule has 2 aromatic carbocycles. The molecular formula is C21H16N4O2S. The quantitative estimate of drug-likeness (QED) is 0.524. The second-order valence-electron chi connectivity index (χ2n) is 6.09. The highest BCUT2D eigenvalue weighted by Crippen LogP contribution is 2.33. The third-order valence-corrected chi connectivity index (χ3v) is 5.05. The first-order valence-corrected chi connectivity index (χ1v) is 9.40. The van der Waals surface area contributed by atoms with Crippen molar-refractivity contribution in [1.29, 1.82) is 0 Å². The van der Waals surface area contributed by atoms with Crippen molar-refractivity contribution in [3.8, 4) is 11.3 Å². The van der Waals surface area contributed by atoms with E-state index in [1.807, 2.05) is 48.5 Å². The molecular weight excluding hydrogens is 372 g/mol. The number of ketones is 1. The van der Waals surface area contributed by atoms with Crippen LogP contribution in [0.4, 0.5) is 5.13 Å². The lowest BCUT2D eigenvalue weighted by Gasteiger charge is -2.02. The molecule has 1 N–H and O–H groups in total. The molecule has 28 heavy (non-hydrogen) atoms. The van der Waals surface area contributed by atoms with Crippen LogP contribution in [0, 0.1) is 0 Å². The number of nitrogens with zero attached hydrogens (tertiary/aromatic N) is 3. The molecule has 0 bridgehead atoms. The first kappa shape index (κ1) is 17.8. The minimum atomic E-state index is -0.368. The Balaban J connectivity index is 1.72. The van der Waals surface area contributed by atoms with Gasteiger partial charge in [0.25, 0.3) is 5.91 Å². The Morgan fingerprint density at radius 3 is 2.29 bits per heavy atom. The first-order valence-electron chi connectivity index (χ1n) is 8.59. The largest absolute Gasteiger partial charge is 0.296 e. The van der Waals surface area contributed by atoms with Gasteiger partial charge in [-0.3, -0.25) is 19.6 Å². The molecule has 0 aliphatic heterocycles. The summed E-state index contributed by atoms with van der Waals surface area (Å²) < 4.78 is 1.55. The summed E-state index contributed by atoms with van der Waals surface area (Å²) in [5, 5.41) is 7.20. The lowest BCUT2D eigenvalue weighted by molar-refractivity contribution is 0.101. The summed E-state index contributed by atoms with van der Waals surface area (Å²) in [5.41, 5.74) is 2.23. The molecule has 0 saturated carbocycles. The number of thiazole rings is 1. The van der Waals surface area contributed by atoms with E-state index in [0.717, 1.165) is 16.9 Å².